The maximum Gasteiger partial charge on any atom is 0.231 e. The highest BCUT2D eigenvalue weighted by Crippen LogP contribution is 2.32. The van der Waals surface area contributed by atoms with Gasteiger partial charge in [0, 0.05) is 25.6 Å². The smallest absolute Gasteiger partial charge is 0.231 e. The van der Waals surface area contributed by atoms with Crippen LogP contribution in [0.25, 0.3) is 0 Å². The van der Waals surface area contributed by atoms with Crippen molar-refractivity contribution in [2.45, 2.75) is 51.1 Å². The van der Waals surface area contributed by atoms with Crippen molar-refractivity contribution < 1.29 is 19.1 Å². The van der Waals surface area contributed by atoms with Gasteiger partial charge < -0.3 is 19.7 Å². The van der Waals surface area contributed by atoms with Crippen LogP contribution in [-0.2, 0) is 16.1 Å². The van der Waals surface area contributed by atoms with Crippen LogP contribution in [0.15, 0.2) is 18.2 Å². The number of ether oxygens (including phenoxy) is 2. The second-order valence-corrected chi connectivity index (χ2v) is 7.14. The third kappa shape index (κ3) is 3.43. The Morgan fingerprint density at radius 1 is 1.16 bits per heavy atom. The number of nitrogens with one attached hydrogen (secondary N) is 1. The molecular formula is C19H24N2O4. The molecule has 1 saturated carbocycles. The molecule has 3 aliphatic rings. The first kappa shape index (κ1) is 16.2. The summed E-state index contributed by atoms with van der Waals surface area (Å²) in [7, 11) is 0. The van der Waals surface area contributed by atoms with Crippen LogP contribution >= 0.6 is 0 Å². The van der Waals surface area contributed by atoms with Crippen LogP contribution in [0.4, 0.5) is 0 Å². The lowest BCUT2D eigenvalue weighted by Crippen LogP contribution is -2.39. The number of rotatable bonds is 4. The largest absolute Gasteiger partial charge is 0.454 e. The van der Waals surface area contributed by atoms with E-state index in [2.05, 4.69) is 5.32 Å². The van der Waals surface area contributed by atoms with Gasteiger partial charge in [-0.1, -0.05) is 25.3 Å². The first-order valence-corrected chi connectivity index (χ1v) is 9.16. The molecular weight excluding hydrogens is 320 g/mol. The third-order valence-electron chi connectivity index (χ3n) is 5.45. The van der Waals surface area contributed by atoms with Crippen LogP contribution in [0.1, 0.15) is 44.1 Å². The van der Waals surface area contributed by atoms with Gasteiger partial charge in [-0.25, -0.2) is 0 Å². The van der Waals surface area contributed by atoms with Crippen molar-refractivity contribution >= 4 is 11.8 Å². The summed E-state index contributed by atoms with van der Waals surface area (Å²) in [6.45, 7) is 1.24. The number of fused-ring (bicyclic) bond motifs is 1. The van der Waals surface area contributed by atoms with Crippen molar-refractivity contribution in [3.8, 4) is 11.5 Å². The van der Waals surface area contributed by atoms with E-state index in [1.807, 2.05) is 23.1 Å². The molecule has 0 aromatic heterocycles. The Labute approximate surface area is 147 Å². The molecule has 1 aromatic carbocycles. The zero-order valence-electron chi connectivity index (χ0n) is 14.3. The number of likely N-dealkylation sites (tertiary alicyclic amines) is 1. The summed E-state index contributed by atoms with van der Waals surface area (Å²) in [5.74, 6) is 1.31. The van der Waals surface area contributed by atoms with E-state index < -0.39 is 0 Å². The fourth-order valence-electron chi connectivity index (χ4n) is 4.04. The van der Waals surface area contributed by atoms with Crippen LogP contribution in [0, 0.1) is 5.92 Å². The van der Waals surface area contributed by atoms with E-state index >= 15 is 0 Å². The highest BCUT2D eigenvalue weighted by molar-refractivity contribution is 5.89. The summed E-state index contributed by atoms with van der Waals surface area (Å²) >= 11 is 0. The number of benzene rings is 1. The fourth-order valence-corrected chi connectivity index (χ4v) is 4.04. The highest BCUT2D eigenvalue weighted by atomic mass is 16.7. The Balaban J connectivity index is 1.31. The second kappa shape index (κ2) is 6.94. The zero-order valence-corrected chi connectivity index (χ0v) is 14.3. The van der Waals surface area contributed by atoms with E-state index in [1.54, 1.807) is 0 Å². The Morgan fingerprint density at radius 2 is 1.96 bits per heavy atom. The number of hydrogen-bond donors (Lipinski definition) is 1. The molecule has 0 bridgehead atoms. The standard InChI is InChI=1S/C19H24N2O4/c22-18-9-14(11-21(18)15-4-2-1-3-5-15)19(23)20-10-13-6-7-16-17(8-13)25-12-24-16/h6-8,14-15H,1-5,9-12H2,(H,20,23)/t14-/m1/s1. The topological polar surface area (TPSA) is 67.9 Å². The van der Waals surface area contributed by atoms with Crippen LogP contribution in [0.5, 0.6) is 11.5 Å². The van der Waals surface area contributed by atoms with Gasteiger partial charge in [0.15, 0.2) is 11.5 Å². The minimum Gasteiger partial charge on any atom is -0.454 e. The van der Waals surface area contributed by atoms with Gasteiger partial charge in [-0.3, -0.25) is 9.59 Å². The summed E-state index contributed by atoms with van der Waals surface area (Å²) in [5.41, 5.74) is 0.964. The van der Waals surface area contributed by atoms with Crippen molar-refractivity contribution in [1.82, 2.24) is 10.2 Å². The highest BCUT2D eigenvalue weighted by Gasteiger charge is 2.38. The molecule has 1 atom stereocenters. The second-order valence-electron chi connectivity index (χ2n) is 7.14. The van der Waals surface area contributed by atoms with Gasteiger partial charge in [0.25, 0.3) is 0 Å². The van der Waals surface area contributed by atoms with Crippen LogP contribution in [-0.4, -0.2) is 36.1 Å². The lowest BCUT2D eigenvalue weighted by Gasteiger charge is -2.31. The van der Waals surface area contributed by atoms with Crippen molar-refractivity contribution in [3.05, 3.63) is 23.8 Å². The lowest BCUT2D eigenvalue weighted by atomic mass is 9.94. The summed E-state index contributed by atoms with van der Waals surface area (Å²) in [5, 5.41) is 2.96. The number of hydrogen-bond acceptors (Lipinski definition) is 4. The summed E-state index contributed by atoms with van der Waals surface area (Å²) in [4.78, 5) is 26.7. The Bertz CT molecular complexity index is 669. The summed E-state index contributed by atoms with van der Waals surface area (Å²) < 4.78 is 10.6. The quantitative estimate of drug-likeness (QED) is 0.909. The number of carbonyl (C=O) groups excluding carboxylic acids is 2. The van der Waals surface area contributed by atoms with Gasteiger partial charge >= 0.3 is 0 Å². The van der Waals surface area contributed by atoms with Gasteiger partial charge in [-0.15, -0.1) is 0 Å². The Kier molecular flexibility index (Phi) is 4.51. The van der Waals surface area contributed by atoms with Crippen LogP contribution in [0.2, 0.25) is 0 Å². The van der Waals surface area contributed by atoms with E-state index in [-0.39, 0.29) is 24.5 Å². The number of amides is 2. The van der Waals surface area contributed by atoms with Crippen molar-refractivity contribution in [1.29, 1.82) is 0 Å². The van der Waals surface area contributed by atoms with Gasteiger partial charge in [-0.2, -0.15) is 0 Å². The zero-order chi connectivity index (χ0) is 17.2. The molecule has 134 valence electrons. The normalized spacial score (nSPS) is 23.1. The fraction of sp³-hybridized carbons (Fsp3) is 0.579. The molecule has 6 heteroatoms. The van der Waals surface area contributed by atoms with E-state index in [0.29, 0.717) is 31.3 Å². The predicted molar refractivity (Wildman–Crippen MR) is 91.1 cm³/mol. The average Bonchev–Trinajstić information content (AvgIpc) is 3.26. The molecule has 1 N–H and O–H groups in total. The molecule has 0 unspecified atom stereocenters. The molecule has 1 aliphatic carbocycles. The predicted octanol–water partition coefficient (Wildman–Crippen LogP) is 2.21. The molecule has 2 amide bonds. The third-order valence-corrected chi connectivity index (χ3v) is 5.45. The van der Waals surface area contributed by atoms with Gasteiger partial charge in [-0.05, 0) is 30.5 Å². The summed E-state index contributed by atoms with van der Waals surface area (Å²) in [6, 6.07) is 6.00. The SMILES string of the molecule is O=C(NCc1ccc2c(c1)OCO2)[C@@H]1CC(=O)N(C2CCCCC2)C1. The monoisotopic (exact) mass is 344 g/mol. The van der Waals surface area contributed by atoms with E-state index in [1.165, 1.54) is 19.3 Å². The Hall–Kier alpha value is -2.24. The van der Waals surface area contributed by atoms with E-state index in [4.69, 9.17) is 9.47 Å². The van der Waals surface area contributed by atoms with Gasteiger partial charge in [0.05, 0.1) is 5.92 Å². The van der Waals surface area contributed by atoms with E-state index in [0.717, 1.165) is 24.2 Å². The number of carbonyl (C=O) groups is 2. The molecule has 2 fully saturated rings. The maximum absolute atomic E-state index is 12.5. The van der Waals surface area contributed by atoms with Crippen molar-refractivity contribution in [3.63, 3.8) is 0 Å². The van der Waals surface area contributed by atoms with Crippen molar-refractivity contribution in [2.75, 3.05) is 13.3 Å². The lowest BCUT2D eigenvalue weighted by molar-refractivity contribution is -0.130. The molecule has 4 rings (SSSR count). The van der Waals surface area contributed by atoms with Gasteiger partial charge in [0.2, 0.25) is 18.6 Å². The Morgan fingerprint density at radius 3 is 2.80 bits per heavy atom. The first-order chi connectivity index (χ1) is 12.2. The van der Waals surface area contributed by atoms with Crippen molar-refractivity contribution in [2.24, 2.45) is 5.92 Å². The van der Waals surface area contributed by atoms with Crippen LogP contribution in [0.3, 0.4) is 0 Å². The summed E-state index contributed by atoms with van der Waals surface area (Å²) in [6.07, 6.45) is 6.14. The van der Waals surface area contributed by atoms with E-state index in [9.17, 15) is 9.59 Å². The molecule has 2 aliphatic heterocycles. The molecule has 2 heterocycles. The minimum absolute atomic E-state index is 0.0377. The molecule has 0 spiro atoms. The van der Waals surface area contributed by atoms with Gasteiger partial charge in [0.1, 0.15) is 0 Å². The van der Waals surface area contributed by atoms with Crippen LogP contribution < -0.4 is 14.8 Å². The average molecular weight is 344 g/mol. The molecule has 1 saturated heterocycles. The maximum atomic E-state index is 12.5. The number of nitrogens with zero attached hydrogens (tertiary/aromatic N) is 1. The molecule has 25 heavy (non-hydrogen) atoms. The molecule has 0 radical (unpaired) electrons. The molecule has 1 aromatic rings. The molecule has 6 nitrogen and oxygen atoms in total. The first-order valence-electron chi connectivity index (χ1n) is 9.16. The minimum atomic E-state index is -0.233.